The summed E-state index contributed by atoms with van der Waals surface area (Å²) in [4.78, 5) is 8.68. The van der Waals surface area contributed by atoms with Crippen molar-refractivity contribution in [3.8, 4) is 0 Å². The molecular formula is C15H20N4O2S2. The number of rotatable bonds is 3. The topological polar surface area (TPSA) is 79.5 Å². The minimum Gasteiger partial charge on any atom is -0.368 e. The maximum Gasteiger partial charge on any atom is 0.249 e. The molecule has 1 fully saturated rings. The second kappa shape index (κ2) is 6.10. The van der Waals surface area contributed by atoms with Crippen LogP contribution in [-0.2, 0) is 10.0 Å². The molecule has 2 heterocycles. The van der Waals surface area contributed by atoms with Crippen molar-refractivity contribution < 1.29 is 8.42 Å². The second-order valence-corrected chi connectivity index (χ2v) is 8.50. The number of aryl methyl sites for hydroxylation is 1. The first kappa shape index (κ1) is 16.2. The third-order valence-electron chi connectivity index (χ3n) is 4.22. The maximum absolute atomic E-state index is 11.4. The lowest BCUT2D eigenvalue weighted by molar-refractivity contribution is 0.599. The molecule has 0 unspecified atom stereocenters. The van der Waals surface area contributed by atoms with E-state index in [4.69, 9.17) is 5.14 Å². The van der Waals surface area contributed by atoms with Crippen molar-refractivity contribution in [2.75, 3.05) is 36.0 Å². The van der Waals surface area contributed by atoms with E-state index in [1.165, 1.54) is 23.0 Å². The zero-order chi connectivity index (χ0) is 16.6. The van der Waals surface area contributed by atoms with E-state index in [-0.39, 0.29) is 4.21 Å². The van der Waals surface area contributed by atoms with Gasteiger partial charge in [-0.2, -0.15) is 0 Å². The molecule has 1 aliphatic heterocycles. The van der Waals surface area contributed by atoms with Gasteiger partial charge < -0.3 is 9.80 Å². The average Bonchev–Trinajstić information content (AvgIpc) is 3.00. The predicted octanol–water partition coefficient (Wildman–Crippen LogP) is 1.73. The summed E-state index contributed by atoms with van der Waals surface area (Å²) in [6, 6.07) is 6.36. The van der Waals surface area contributed by atoms with Crippen LogP contribution < -0.4 is 14.9 Å². The molecule has 0 spiro atoms. The van der Waals surface area contributed by atoms with Crippen LogP contribution in [0.2, 0.25) is 0 Å². The van der Waals surface area contributed by atoms with Gasteiger partial charge in [0.05, 0.1) is 6.20 Å². The van der Waals surface area contributed by atoms with Crippen LogP contribution in [-0.4, -0.2) is 39.6 Å². The molecule has 8 heteroatoms. The molecule has 1 aliphatic rings. The molecule has 0 atom stereocenters. The van der Waals surface area contributed by atoms with Crippen LogP contribution >= 0.6 is 11.3 Å². The fraction of sp³-hybridized carbons (Fsp3) is 0.400. The lowest BCUT2D eigenvalue weighted by atomic mass is 10.1. The highest BCUT2D eigenvalue weighted by molar-refractivity contribution is 7.91. The zero-order valence-electron chi connectivity index (χ0n) is 13.2. The highest BCUT2D eigenvalue weighted by Crippen LogP contribution is 2.28. The molecule has 6 nitrogen and oxygen atoms in total. The molecule has 2 N–H and O–H groups in total. The van der Waals surface area contributed by atoms with Gasteiger partial charge in [-0.15, -0.1) is 0 Å². The molecule has 0 saturated carbocycles. The summed E-state index contributed by atoms with van der Waals surface area (Å²) in [5.74, 6) is 0. The second-order valence-electron chi connectivity index (χ2n) is 5.70. The van der Waals surface area contributed by atoms with Crippen molar-refractivity contribution in [1.29, 1.82) is 0 Å². The zero-order valence-corrected chi connectivity index (χ0v) is 14.8. The van der Waals surface area contributed by atoms with Crippen molar-refractivity contribution in [3.63, 3.8) is 0 Å². The number of hydrogen-bond donors (Lipinski definition) is 1. The molecule has 1 aromatic carbocycles. The van der Waals surface area contributed by atoms with Crippen LogP contribution in [0.1, 0.15) is 11.1 Å². The first-order valence-electron chi connectivity index (χ1n) is 7.41. The van der Waals surface area contributed by atoms with E-state index < -0.39 is 10.0 Å². The summed E-state index contributed by atoms with van der Waals surface area (Å²) in [6.45, 7) is 7.66. The van der Waals surface area contributed by atoms with Crippen LogP contribution in [0, 0.1) is 13.8 Å². The monoisotopic (exact) mass is 352 g/mol. The molecule has 0 bridgehead atoms. The Kier molecular flexibility index (Phi) is 4.31. The number of sulfonamides is 1. The summed E-state index contributed by atoms with van der Waals surface area (Å²) < 4.78 is 22.8. The number of anilines is 2. The van der Waals surface area contributed by atoms with Gasteiger partial charge in [0.25, 0.3) is 0 Å². The van der Waals surface area contributed by atoms with E-state index in [2.05, 4.69) is 46.8 Å². The number of aromatic nitrogens is 1. The van der Waals surface area contributed by atoms with E-state index >= 15 is 0 Å². The third-order valence-corrected chi connectivity index (χ3v) is 6.69. The predicted molar refractivity (Wildman–Crippen MR) is 93.8 cm³/mol. The lowest BCUT2D eigenvalue weighted by Crippen LogP contribution is -2.46. The third kappa shape index (κ3) is 3.34. The number of thiazole rings is 1. The molecule has 1 aromatic heterocycles. The summed E-state index contributed by atoms with van der Waals surface area (Å²) in [5.41, 5.74) is 3.88. The van der Waals surface area contributed by atoms with E-state index in [9.17, 15) is 8.42 Å². The summed E-state index contributed by atoms with van der Waals surface area (Å²) >= 11 is 1.13. The van der Waals surface area contributed by atoms with Crippen molar-refractivity contribution in [1.82, 2.24) is 4.98 Å². The number of benzene rings is 1. The molecular weight excluding hydrogens is 332 g/mol. The standard InChI is InChI=1S/C15H20N4O2S2/c1-11-4-3-5-13(12(11)2)18-6-8-19(9-7-18)15-17-10-14(22-15)23(16,20)21/h3-5,10H,6-9H2,1-2H3,(H2,16,20,21). The smallest absolute Gasteiger partial charge is 0.249 e. The number of nitrogens with two attached hydrogens (primary N) is 1. The fourth-order valence-electron chi connectivity index (χ4n) is 2.75. The molecule has 124 valence electrons. The minimum atomic E-state index is -3.67. The van der Waals surface area contributed by atoms with Crippen LogP contribution in [0.3, 0.4) is 0 Å². The van der Waals surface area contributed by atoms with E-state index in [0.29, 0.717) is 0 Å². The molecule has 3 rings (SSSR count). The minimum absolute atomic E-state index is 0.115. The number of piperazine rings is 1. The first-order valence-corrected chi connectivity index (χ1v) is 9.77. The Morgan fingerprint density at radius 1 is 1.13 bits per heavy atom. The Hall–Kier alpha value is -1.64. The van der Waals surface area contributed by atoms with Gasteiger partial charge in [0.15, 0.2) is 9.34 Å². The molecule has 23 heavy (non-hydrogen) atoms. The first-order chi connectivity index (χ1) is 10.9. The quantitative estimate of drug-likeness (QED) is 0.910. The van der Waals surface area contributed by atoms with Crippen molar-refractivity contribution in [2.24, 2.45) is 5.14 Å². The van der Waals surface area contributed by atoms with Crippen LogP contribution in [0.25, 0.3) is 0 Å². The van der Waals surface area contributed by atoms with E-state index in [1.807, 2.05) is 0 Å². The van der Waals surface area contributed by atoms with Gasteiger partial charge in [0, 0.05) is 31.9 Å². The number of hydrogen-bond acceptors (Lipinski definition) is 6. The normalized spacial score (nSPS) is 16.0. The van der Waals surface area contributed by atoms with Crippen molar-refractivity contribution >= 4 is 32.2 Å². The Balaban J connectivity index is 1.71. The van der Waals surface area contributed by atoms with Crippen molar-refractivity contribution in [3.05, 3.63) is 35.5 Å². The summed E-state index contributed by atoms with van der Waals surface area (Å²) in [7, 11) is -3.67. The Morgan fingerprint density at radius 2 is 1.78 bits per heavy atom. The van der Waals surface area contributed by atoms with Gasteiger partial charge in [-0.1, -0.05) is 23.5 Å². The Bertz CT molecular complexity index is 809. The molecule has 1 saturated heterocycles. The van der Waals surface area contributed by atoms with Crippen molar-refractivity contribution in [2.45, 2.75) is 18.1 Å². The van der Waals surface area contributed by atoms with Gasteiger partial charge in [0.1, 0.15) is 0 Å². The van der Waals surface area contributed by atoms with E-state index in [1.54, 1.807) is 0 Å². The summed E-state index contributed by atoms with van der Waals surface area (Å²) in [6.07, 6.45) is 1.34. The lowest BCUT2D eigenvalue weighted by Gasteiger charge is -2.36. The summed E-state index contributed by atoms with van der Waals surface area (Å²) in [5, 5.41) is 5.86. The Labute approximate surface area is 140 Å². The van der Waals surface area contributed by atoms with Gasteiger partial charge in [-0.25, -0.2) is 18.5 Å². The maximum atomic E-state index is 11.4. The highest BCUT2D eigenvalue weighted by atomic mass is 32.2. The molecule has 0 amide bonds. The SMILES string of the molecule is Cc1cccc(N2CCN(c3ncc(S(N)(=O)=O)s3)CC2)c1C. The van der Waals surface area contributed by atoms with Crippen LogP contribution in [0.4, 0.5) is 10.8 Å². The molecule has 0 radical (unpaired) electrons. The van der Waals surface area contributed by atoms with Gasteiger partial charge in [-0.05, 0) is 31.0 Å². The van der Waals surface area contributed by atoms with Crippen LogP contribution in [0.15, 0.2) is 28.6 Å². The fourth-order valence-corrected chi connectivity index (χ4v) is 4.34. The number of primary sulfonamides is 1. The van der Waals surface area contributed by atoms with Gasteiger partial charge in [0.2, 0.25) is 10.0 Å². The van der Waals surface area contributed by atoms with Crippen LogP contribution in [0.5, 0.6) is 0 Å². The Morgan fingerprint density at radius 3 is 2.39 bits per heavy atom. The number of nitrogens with zero attached hydrogens (tertiary/aromatic N) is 3. The highest BCUT2D eigenvalue weighted by Gasteiger charge is 2.22. The largest absolute Gasteiger partial charge is 0.368 e. The van der Waals surface area contributed by atoms with Gasteiger partial charge >= 0.3 is 0 Å². The average molecular weight is 352 g/mol. The van der Waals surface area contributed by atoms with E-state index in [0.717, 1.165) is 42.6 Å². The van der Waals surface area contributed by atoms with Gasteiger partial charge in [-0.3, -0.25) is 0 Å². The molecule has 2 aromatic rings. The molecule has 0 aliphatic carbocycles.